The van der Waals surface area contributed by atoms with Gasteiger partial charge in [-0.1, -0.05) is 48.2 Å². The Labute approximate surface area is 155 Å². The number of nitriles is 1. The highest BCUT2D eigenvalue weighted by molar-refractivity contribution is 7.99. The number of rotatable bonds is 6. The van der Waals surface area contributed by atoms with Crippen LogP contribution in [0.3, 0.4) is 0 Å². The summed E-state index contributed by atoms with van der Waals surface area (Å²) < 4.78 is 1.92. The summed E-state index contributed by atoms with van der Waals surface area (Å²) in [5.41, 5.74) is 2.15. The zero-order valence-electron chi connectivity index (χ0n) is 14.2. The van der Waals surface area contributed by atoms with Gasteiger partial charge < -0.3 is 9.88 Å². The van der Waals surface area contributed by atoms with Gasteiger partial charge in [-0.2, -0.15) is 5.26 Å². The van der Waals surface area contributed by atoms with Crippen LogP contribution in [0.15, 0.2) is 59.8 Å². The van der Waals surface area contributed by atoms with Crippen molar-refractivity contribution < 1.29 is 4.79 Å². The number of carbonyl (C=O) groups is 1. The van der Waals surface area contributed by atoms with Crippen LogP contribution in [0.5, 0.6) is 0 Å². The molecule has 0 spiro atoms. The van der Waals surface area contributed by atoms with Gasteiger partial charge in [0.1, 0.15) is 0 Å². The number of benzene rings is 2. The molecule has 1 amide bonds. The first kappa shape index (κ1) is 17.7. The second-order valence-electron chi connectivity index (χ2n) is 5.57. The summed E-state index contributed by atoms with van der Waals surface area (Å²) >= 11 is 1.49. The molecule has 0 aliphatic rings. The molecule has 3 rings (SSSR count). The highest BCUT2D eigenvalue weighted by atomic mass is 32.2. The van der Waals surface area contributed by atoms with Crippen molar-refractivity contribution >= 4 is 23.4 Å². The lowest BCUT2D eigenvalue weighted by molar-refractivity contribution is -0.115. The van der Waals surface area contributed by atoms with E-state index in [1.807, 2.05) is 41.9 Å². The summed E-state index contributed by atoms with van der Waals surface area (Å²) in [4.78, 5) is 12.1. The van der Waals surface area contributed by atoms with E-state index in [2.05, 4.69) is 21.6 Å². The van der Waals surface area contributed by atoms with Gasteiger partial charge in [-0.25, -0.2) is 0 Å². The number of hydrogen-bond donors (Lipinski definition) is 1. The van der Waals surface area contributed by atoms with E-state index < -0.39 is 0 Å². The minimum atomic E-state index is -0.0990. The third kappa shape index (κ3) is 4.29. The van der Waals surface area contributed by atoms with E-state index in [0.29, 0.717) is 23.4 Å². The average molecular weight is 363 g/mol. The normalized spacial score (nSPS) is 10.3. The van der Waals surface area contributed by atoms with Gasteiger partial charge in [0.15, 0.2) is 11.0 Å². The van der Waals surface area contributed by atoms with Gasteiger partial charge in [-0.3, -0.25) is 4.79 Å². The lowest BCUT2D eigenvalue weighted by Gasteiger charge is -2.06. The topological polar surface area (TPSA) is 83.6 Å². The maximum atomic E-state index is 12.1. The first-order chi connectivity index (χ1) is 12.7. The summed E-state index contributed by atoms with van der Waals surface area (Å²) in [6.07, 6.45) is 0.342. The molecule has 1 heterocycles. The lowest BCUT2D eigenvalue weighted by atomic mass is 10.2. The van der Waals surface area contributed by atoms with Crippen LogP contribution in [0.4, 0.5) is 5.69 Å². The van der Waals surface area contributed by atoms with Crippen LogP contribution in [0.1, 0.15) is 12.0 Å². The molecule has 6 nitrogen and oxygen atoms in total. The third-order valence-electron chi connectivity index (χ3n) is 3.70. The van der Waals surface area contributed by atoms with Gasteiger partial charge in [0.25, 0.3) is 0 Å². The maximum Gasteiger partial charge on any atom is 0.225 e. The molecule has 0 aliphatic carbocycles. The van der Waals surface area contributed by atoms with Crippen LogP contribution in [0.2, 0.25) is 0 Å². The van der Waals surface area contributed by atoms with Gasteiger partial charge in [0, 0.05) is 30.5 Å². The number of amides is 1. The quantitative estimate of drug-likeness (QED) is 0.678. The molecule has 3 aromatic rings. The van der Waals surface area contributed by atoms with E-state index in [0.717, 1.165) is 16.5 Å². The minimum Gasteiger partial charge on any atom is -0.326 e. The van der Waals surface area contributed by atoms with Crippen molar-refractivity contribution in [3.8, 4) is 17.5 Å². The number of nitrogens with one attached hydrogen (secondary N) is 1. The van der Waals surface area contributed by atoms with Crippen molar-refractivity contribution in [2.24, 2.45) is 7.05 Å². The smallest absolute Gasteiger partial charge is 0.225 e. The second-order valence-corrected chi connectivity index (χ2v) is 6.63. The van der Waals surface area contributed by atoms with Crippen molar-refractivity contribution in [2.75, 3.05) is 11.1 Å². The maximum absolute atomic E-state index is 12.1. The Morgan fingerprint density at radius 1 is 1.19 bits per heavy atom. The summed E-state index contributed by atoms with van der Waals surface area (Å²) in [7, 11) is 1.91. The Bertz CT molecular complexity index is 946. The molecule has 0 radical (unpaired) electrons. The minimum absolute atomic E-state index is 0.0990. The van der Waals surface area contributed by atoms with E-state index in [-0.39, 0.29) is 5.91 Å². The summed E-state index contributed by atoms with van der Waals surface area (Å²) in [5, 5.41) is 20.9. The summed E-state index contributed by atoms with van der Waals surface area (Å²) in [5.74, 6) is 1.29. The molecule has 7 heteroatoms. The molecule has 1 N–H and O–H groups in total. The number of hydrogen-bond acceptors (Lipinski definition) is 5. The van der Waals surface area contributed by atoms with Crippen LogP contribution in [-0.4, -0.2) is 26.4 Å². The molecule has 1 aromatic heterocycles. The second kappa shape index (κ2) is 8.32. The van der Waals surface area contributed by atoms with Gasteiger partial charge in [0.05, 0.1) is 11.6 Å². The zero-order valence-corrected chi connectivity index (χ0v) is 15.0. The molecule has 0 unspecified atom stereocenters. The van der Waals surface area contributed by atoms with E-state index in [1.165, 1.54) is 11.8 Å². The SMILES string of the molecule is Cn1c(SCCC(=O)Nc2cccc(C#N)c2)nnc1-c1ccccc1. The largest absolute Gasteiger partial charge is 0.326 e. The Kier molecular flexibility index (Phi) is 5.66. The predicted molar refractivity (Wildman–Crippen MR) is 102 cm³/mol. The fraction of sp³-hybridized carbons (Fsp3) is 0.158. The first-order valence-electron chi connectivity index (χ1n) is 8.05. The fourth-order valence-electron chi connectivity index (χ4n) is 2.40. The highest BCUT2D eigenvalue weighted by Crippen LogP contribution is 2.23. The summed E-state index contributed by atoms with van der Waals surface area (Å²) in [6, 6.07) is 18.8. The van der Waals surface area contributed by atoms with Crippen LogP contribution in [-0.2, 0) is 11.8 Å². The number of nitrogens with zero attached hydrogens (tertiary/aromatic N) is 4. The van der Waals surface area contributed by atoms with Crippen LogP contribution in [0.25, 0.3) is 11.4 Å². The van der Waals surface area contributed by atoms with Crippen molar-refractivity contribution in [1.29, 1.82) is 5.26 Å². The molecular weight excluding hydrogens is 346 g/mol. The zero-order chi connectivity index (χ0) is 18.4. The standard InChI is InChI=1S/C19H17N5OS/c1-24-18(15-7-3-2-4-8-15)22-23-19(24)26-11-10-17(25)21-16-9-5-6-14(12-16)13-20/h2-9,12H,10-11H2,1H3,(H,21,25). The lowest BCUT2D eigenvalue weighted by Crippen LogP contribution is -2.12. The highest BCUT2D eigenvalue weighted by Gasteiger charge is 2.11. The molecular formula is C19H17N5OS. The molecule has 0 saturated carbocycles. The van der Waals surface area contributed by atoms with Crippen molar-refractivity contribution in [3.63, 3.8) is 0 Å². The molecule has 0 fully saturated rings. The van der Waals surface area contributed by atoms with E-state index in [4.69, 9.17) is 5.26 Å². The molecule has 0 aliphatic heterocycles. The van der Waals surface area contributed by atoms with E-state index >= 15 is 0 Å². The number of aromatic nitrogens is 3. The first-order valence-corrected chi connectivity index (χ1v) is 9.03. The monoisotopic (exact) mass is 363 g/mol. The van der Waals surface area contributed by atoms with Crippen molar-refractivity contribution in [1.82, 2.24) is 14.8 Å². The van der Waals surface area contributed by atoms with E-state index in [1.54, 1.807) is 24.3 Å². The molecule has 0 atom stereocenters. The summed E-state index contributed by atoms with van der Waals surface area (Å²) in [6.45, 7) is 0. The fourth-order valence-corrected chi connectivity index (χ4v) is 3.25. The third-order valence-corrected chi connectivity index (χ3v) is 4.72. The average Bonchev–Trinajstić information content (AvgIpc) is 3.03. The van der Waals surface area contributed by atoms with Crippen LogP contribution in [0, 0.1) is 11.3 Å². The Morgan fingerprint density at radius 2 is 2.00 bits per heavy atom. The Morgan fingerprint density at radius 3 is 2.77 bits per heavy atom. The molecule has 26 heavy (non-hydrogen) atoms. The van der Waals surface area contributed by atoms with Crippen molar-refractivity contribution in [2.45, 2.75) is 11.6 Å². The Hall–Kier alpha value is -3.11. The van der Waals surface area contributed by atoms with Crippen LogP contribution < -0.4 is 5.32 Å². The molecule has 130 valence electrons. The predicted octanol–water partition coefficient (Wildman–Crippen LogP) is 3.47. The number of thioether (sulfide) groups is 1. The van der Waals surface area contributed by atoms with Gasteiger partial charge in [-0.15, -0.1) is 10.2 Å². The van der Waals surface area contributed by atoms with Crippen molar-refractivity contribution in [3.05, 3.63) is 60.2 Å². The van der Waals surface area contributed by atoms with Gasteiger partial charge in [-0.05, 0) is 18.2 Å². The van der Waals surface area contributed by atoms with E-state index in [9.17, 15) is 4.79 Å². The molecule has 0 saturated heterocycles. The number of carbonyl (C=O) groups excluding carboxylic acids is 1. The number of anilines is 1. The molecule has 0 bridgehead atoms. The van der Waals surface area contributed by atoms with Gasteiger partial charge >= 0.3 is 0 Å². The molecule has 2 aromatic carbocycles. The Balaban J connectivity index is 1.54. The van der Waals surface area contributed by atoms with Gasteiger partial charge in [0.2, 0.25) is 5.91 Å². The van der Waals surface area contributed by atoms with Crippen LogP contribution >= 0.6 is 11.8 Å².